The molecule has 0 radical (unpaired) electrons. The predicted molar refractivity (Wildman–Crippen MR) is 136 cm³/mol. The first-order valence-corrected chi connectivity index (χ1v) is 12.0. The number of carbonyl (C=O) groups excluding carboxylic acids is 1. The van der Waals surface area contributed by atoms with Crippen LogP contribution in [0.1, 0.15) is 30.0 Å². The molecule has 9 heteroatoms. The van der Waals surface area contributed by atoms with Crippen molar-refractivity contribution in [3.05, 3.63) is 64.2 Å². The van der Waals surface area contributed by atoms with Gasteiger partial charge in [-0.1, -0.05) is 49.4 Å². The molecule has 8 nitrogen and oxygen atoms in total. The fraction of sp³-hybridized carbons (Fsp3) is 0.308. The lowest BCUT2D eigenvalue weighted by Crippen LogP contribution is -2.13. The molecule has 2 aromatic carbocycles. The van der Waals surface area contributed by atoms with Crippen molar-refractivity contribution >= 4 is 28.5 Å². The summed E-state index contributed by atoms with van der Waals surface area (Å²) in [6.45, 7) is 6.85. The fourth-order valence-electron chi connectivity index (χ4n) is 3.13. The van der Waals surface area contributed by atoms with Crippen LogP contribution >= 0.6 is 11.3 Å². The van der Waals surface area contributed by atoms with Crippen molar-refractivity contribution in [1.82, 2.24) is 10.2 Å². The number of hydrogen-bond donors (Lipinski definition) is 1. The van der Waals surface area contributed by atoms with Gasteiger partial charge in [-0.15, -0.1) is 10.2 Å². The molecular weight excluding hydrogens is 464 g/mol. The zero-order valence-corrected chi connectivity index (χ0v) is 21.0. The van der Waals surface area contributed by atoms with E-state index in [2.05, 4.69) is 29.4 Å². The highest BCUT2D eigenvalue weighted by molar-refractivity contribution is 7.15. The van der Waals surface area contributed by atoms with Gasteiger partial charge in [0.25, 0.3) is 5.91 Å². The van der Waals surface area contributed by atoms with Crippen LogP contribution in [-0.2, 0) is 11.2 Å². The predicted octanol–water partition coefficient (Wildman–Crippen LogP) is 5.06. The van der Waals surface area contributed by atoms with Gasteiger partial charge in [0.2, 0.25) is 5.13 Å². The van der Waals surface area contributed by atoms with Gasteiger partial charge in [0, 0.05) is 6.42 Å². The number of benzene rings is 2. The molecule has 0 bridgehead atoms. The number of para-hydroxylation sites is 1. The number of ether oxygens (including phenoxy) is 3. The van der Waals surface area contributed by atoms with Gasteiger partial charge in [-0.3, -0.25) is 10.1 Å². The van der Waals surface area contributed by atoms with Crippen LogP contribution in [0.4, 0.5) is 5.13 Å². The Morgan fingerprint density at radius 2 is 1.86 bits per heavy atom. The van der Waals surface area contributed by atoms with E-state index in [-0.39, 0.29) is 5.57 Å². The Morgan fingerprint density at radius 3 is 2.54 bits per heavy atom. The Bertz CT molecular complexity index is 1230. The average Bonchev–Trinajstić information content (AvgIpc) is 3.27. The first-order chi connectivity index (χ1) is 16.9. The number of hydrogen-bond acceptors (Lipinski definition) is 8. The number of nitrogens with one attached hydrogen (secondary N) is 1. The van der Waals surface area contributed by atoms with E-state index >= 15 is 0 Å². The third-order valence-corrected chi connectivity index (χ3v) is 5.69. The smallest absolute Gasteiger partial charge is 0.268 e. The van der Waals surface area contributed by atoms with Gasteiger partial charge in [-0.2, -0.15) is 5.26 Å². The largest absolute Gasteiger partial charge is 0.493 e. The molecule has 3 aromatic rings. The van der Waals surface area contributed by atoms with Gasteiger partial charge >= 0.3 is 0 Å². The molecule has 3 rings (SSSR count). The molecule has 182 valence electrons. The van der Waals surface area contributed by atoms with Crippen molar-refractivity contribution in [2.24, 2.45) is 5.92 Å². The number of nitrogens with zero attached hydrogens (tertiary/aromatic N) is 3. The Kier molecular flexibility index (Phi) is 9.21. The summed E-state index contributed by atoms with van der Waals surface area (Å²) in [5, 5.41) is 21.4. The second kappa shape index (κ2) is 12.5. The van der Waals surface area contributed by atoms with Crippen molar-refractivity contribution in [1.29, 1.82) is 5.26 Å². The Hall–Kier alpha value is -3.90. The van der Waals surface area contributed by atoms with Crippen LogP contribution in [-0.4, -0.2) is 36.4 Å². The number of carbonyl (C=O) groups is 1. The van der Waals surface area contributed by atoms with Gasteiger partial charge in [-0.05, 0) is 48.2 Å². The second-order valence-electron chi connectivity index (χ2n) is 8.10. The number of rotatable bonds is 11. The standard InChI is InChI=1S/C26H28N4O4S/c1-17(2)13-24-29-30-26(35-24)28-25(31)20(16-27)14-19-9-10-22(23(15-19)32-4)34-12-11-33-21-8-6-5-7-18(21)3/h5-10,14-15,17H,11-13H2,1-4H3,(H,28,30,31)/b20-14-. The van der Waals surface area contributed by atoms with Gasteiger partial charge in [-0.25, -0.2) is 0 Å². The molecule has 0 saturated heterocycles. The van der Waals surface area contributed by atoms with E-state index in [1.807, 2.05) is 37.3 Å². The molecule has 0 spiro atoms. The highest BCUT2D eigenvalue weighted by Gasteiger charge is 2.14. The molecule has 0 atom stereocenters. The fourth-order valence-corrected chi connectivity index (χ4v) is 4.08. The number of aryl methyl sites for hydroxylation is 1. The third kappa shape index (κ3) is 7.55. The van der Waals surface area contributed by atoms with Gasteiger partial charge in [0.05, 0.1) is 7.11 Å². The molecular formula is C26H28N4O4S. The molecule has 0 saturated carbocycles. The maximum Gasteiger partial charge on any atom is 0.268 e. The number of nitriles is 1. The Morgan fingerprint density at radius 1 is 1.11 bits per heavy atom. The zero-order valence-electron chi connectivity index (χ0n) is 20.2. The number of amides is 1. The monoisotopic (exact) mass is 492 g/mol. The van der Waals surface area contributed by atoms with E-state index < -0.39 is 5.91 Å². The summed E-state index contributed by atoms with van der Waals surface area (Å²) >= 11 is 1.30. The summed E-state index contributed by atoms with van der Waals surface area (Å²) in [6.07, 6.45) is 2.26. The molecule has 0 fully saturated rings. The van der Waals surface area contributed by atoms with Crippen molar-refractivity contribution in [3.63, 3.8) is 0 Å². The highest BCUT2D eigenvalue weighted by atomic mass is 32.1. The summed E-state index contributed by atoms with van der Waals surface area (Å²) < 4.78 is 17.0. The molecule has 1 amide bonds. The maximum absolute atomic E-state index is 12.6. The summed E-state index contributed by atoms with van der Waals surface area (Å²) in [4.78, 5) is 12.6. The van der Waals surface area contributed by atoms with Crippen LogP contribution in [0.3, 0.4) is 0 Å². The lowest BCUT2D eigenvalue weighted by Gasteiger charge is -2.13. The number of methoxy groups -OCH3 is 1. The topological polar surface area (TPSA) is 106 Å². The van der Waals surface area contributed by atoms with Gasteiger partial charge < -0.3 is 14.2 Å². The Balaban J connectivity index is 1.62. The van der Waals surface area contributed by atoms with Crippen LogP contribution < -0.4 is 19.5 Å². The van der Waals surface area contributed by atoms with E-state index in [0.29, 0.717) is 41.3 Å². The van der Waals surface area contributed by atoms with Crippen LogP contribution in [0.15, 0.2) is 48.0 Å². The van der Waals surface area contributed by atoms with Crippen LogP contribution in [0.25, 0.3) is 6.08 Å². The van der Waals surface area contributed by atoms with Crippen LogP contribution in [0, 0.1) is 24.2 Å². The van der Waals surface area contributed by atoms with Gasteiger partial charge in [0.1, 0.15) is 35.6 Å². The van der Waals surface area contributed by atoms with E-state index in [0.717, 1.165) is 22.7 Å². The van der Waals surface area contributed by atoms with E-state index in [1.165, 1.54) is 24.5 Å². The molecule has 0 aliphatic carbocycles. The maximum atomic E-state index is 12.6. The molecule has 0 aliphatic heterocycles. The first-order valence-electron chi connectivity index (χ1n) is 11.1. The minimum Gasteiger partial charge on any atom is -0.493 e. The van der Waals surface area contributed by atoms with Crippen molar-refractivity contribution in [2.45, 2.75) is 27.2 Å². The van der Waals surface area contributed by atoms with Crippen molar-refractivity contribution in [2.75, 3.05) is 25.6 Å². The minimum atomic E-state index is -0.549. The van der Waals surface area contributed by atoms with Crippen LogP contribution in [0.5, 0.6) is 17.2 Å². The van der Waals surface area contributed by atoms with Crippen molar-refractivity contribution < 1.29 is 19.0 Å². The number of aromatic nitrogens is 2. The molecule has 1 aromatic heterocycles. The molecule has 1 N–H and O–H groups in total. The second-order valence-corrected chi connectivity index (χ2v) is 9.16. The summed E-state index contributed by atoms with van der Waals surface area (Å²) in [5.74, 6) is 1.72. The SMILES string of the molecule is COc1cc(/C=C(/C#N)C(=O)Nc2nnc(CC(C)C)s2)ccc1OCCOc1ccccc1C. The Labute approximate surface area is 209 Å². The minimum absolute atomic E-state index is 0.0621. The number of anilines is 1. The first kappa shape index (κ1) is 25.7. The average molecular weight is 493 g/mol. The van der Waals surface area contributed by atoms with Crippen LogP contribution in [0.2, 0.25) is 0 Å². The zero-order chi connectivity index (χ0) is 25.2. The molecule has 35 heavy (non-hydrogen) atoms. The lowest BCUT2D eigenvalue weighted by molar-refractivity contribution is -0.112. The molecule has 0 unspecified atom stereocenters. The molecule has 1 heterocycles. The third-order valence-electron chi connectivity index (χ3n) is 4.83. The van der Waals surface area contributed by atoms with E-state index in [9.17, 15) is 10.1 Å². The summed E-state index contributed by atoms with van der Waals surface area (Å²) in [6, 6.07) is 14.9. The van der Waals surface area contributed by atoms with E-state index in [1.54, 1.807) is 18.2 Å². The summed E-state index contributed by atoms with van der Waals surface area (Å²) in [7, 11) is 1.53. The van der Waals surface area contributed by atoms with E-state index in [4.69, 9.17) is 14.2 Å². The summed E-state index contributed by atoms with van der Waals surface area (Å²) in [5.41, 5.74) is 1.61. The molecule has 0 aliphatic rings. The normalized spacial score (nSPS) is 11.1. The van der Waals surface area contributed by atoms with Gasteiger partial charge in [0.15, 0.2) is 11.5 Å². The lowest BCUT2D eigenvalue weighted by atomic mass is 10.1. The highest BCUT2D eigenvalue weighted by Crippen LogP contribution is 2.29. The quantitative estimate of drug-likeness (QED) is 0.227. The van der Waals surface area contributed by atoms with Crippen molar-refractivity contribution in [3.8, 4) is 23.3 Å².